The minimum atomic E-state index is -4.52. The van der Waals surface area contributed by atoms with Crippen LogP contribution in [-0.2, 0) is 23.1 Å². The van der Waals surface area contributed by atoms with Crippen LogP contribution >= 0.6 is 0 Å². The Morgan fingerprint density at radius 2 is 1.86 bits per heavy atom. The molecule has 0 radical (unpaired) electrons. The van der Waals surface area contributed by atoms with Gasteiger partial charge in [-0.3, -0.25) is 4.68 Å². The van der Waals surface area contributed by atoms with Crippen LogP contribution < -0.4 is 20.9 Å². The van der Waals surface area contributed by atoms with Gasteiger partial charge in [-0.2, -0.15) is 23.4 Å². The molecule has 11 nitrogen and oxygen atoms in total. The summed E-state index contributed by atoms with van der Waals surface area (Å²) in [5.74, 6) is -0.754. The third kappa shape index (κ3) is 6.25. The second kappa shape index (κ2) is 9.68. The molecule has 3 heterocycles. The molecule has 0 aliphatic carbocycles. The van der Waals surface area contributed by atoms with E-state index in [4.69, 9.17) is 4.74 Å². The van der Waals surface area contributed by atoms with Crippen LogP contribution in [-0.4, -0.2) is 46.8 Å². The number of halogens is 3. The summed E-state index contributed by atoms with van der Waals surface area (Å²) < 4.78 is 74.7. The number of rotatable bonds is 6. The number of anilines is 1. The molecule has 0 unspecified atom stereocenters. The number of hydrogen-bond acceptors (Lipinski definition) is 7. The number of hydrogen-bond donors (Lipinski definition) is 3. The second-order valence-corrected chi connectivity index (χ2v) is 11.4. The summed E-state index contributed by atoms with van der Waals surface area (Å²) in [6, 6.07) is -1.13. The van der Waals surface area contributed by atoms with Crippen LogP contribution in [0.2, 0.25) is 0 Å². The van der Waals surface area contributed by atoms with E-state index < -0.39 is 34.7 Å². The van der Waals surface area contributed by atoms with Crippen LogP contribution in [0.4, 0.5) is 23.7 Å². The van der Waals surface area contributed by atoms with Gasteiger partial charge < -0.3 is 16.2 Å². The largest absolute Gasteiger partial charge is 0.476 e. The van der Waals surface area contributed by atoms with Crippen molar-refractivity contribution in [2.75, 3.05) is 11.9 Å². The molecule has 0 aromatic carbocycles. The first-order chi connectivity index (χ1) is 15.5. The first kappa shape index (κ1) is 28.4. The van der Waals surface area contributed by atoms with Crippen molar-refractivity contribution in [1.82, 2.24) is 30.4 Å². The number of sulfonamides is 1. The Morgan fingerprint density at radius 3 is 2.40 bits per heavy atom. The van der Waals surface area contributed by atoms with E-state index in [2.05, 4.69) is 15.5 Å². The number of urea groups is 1. The van der Waals surface area contributed by atoms with Crippen molar-refractivity contribution in [3.05, 3.63) is 17.6 Å². The van der Waals surface area contributed by atoms with Gasteiger partial charge in [-0.25, -0.2) is 22.6 Å². The maximum absolute atomic E-state index is 13.1. The van der Waals surface area contributed by atoms with Crippen molar-refractivity contribution in [1.29, 1.82) is 0 Å². The highest BCUT2D eigenvalue weighted by Gasteiger charge is 2.35. The predicted octanol–water partition coefficient (Wildman–Crippen LogP) is 3.98. The third-order valence-electron chi connectivity index (χ3n) is 5.13. The Balaban J connectivity index is 0.00000432. The fourth-order valence-electron chi connectivity index (χ4n) is 3.73. The van der Waals surface area contributed by atoms with Gasteiger partial charge in [-0.05, 0) is 11.8 Å². The maximum atomic E-state index is 13.1. The summed E-state index contributed by atoms with van der Waals surface area (Å²) in [5, 5.41) is 10.5. The summed E-state index contributed by atoms with van der Waals surface area (Å²) in [4.78, 5) is 12.4. The molecule has 1 aliphatic heterocycles. The lowest BCUT2D eigenvalue weighted by molar-refractivity contribution is -0.143. The number of alkyl halides is 3. The molecule has 0 saturated heterocycles. The summed E-state index contributed by atoms with van der Waals surface area (Å²) >= 11 is 0. The van der Waals surface area contributed by atoms with E-state index in [-0.39, 0.29) is 51.9 Å². The molecule has 15 heteroatoms. The maximum Gasteiger partial charge on any atom is 0.408 e. The van der Waals surface area contributed by atoms with Gasteiger partial charge in [-0.15, -0.1) is 0 Å². The Kier molecular flexibility index (Phi) is 7.86. The van der Waals surface area contributed by atoms with E-state index in [1.807, 2.05) is 18.6 Å². The monoisotopic (exact) mass is 523 g/mol. The summed E-state index contributed by atoms with van der Waals surface area (Å²) in [6.07, 6.45) is -3.43. The minimum Gasteiger partial charge on any atom is -0.476 e. The molecule has 0 fully saturated rings. The van der Waals surface area contributed by atoms with E-state index in [0.29, 0.717) is 6.54 Å². The SMILES string of the molecule is CC(C)c1nn(CC(F)(F)F)c(C(C)C)c1NC(=O)NS(=O)(=O)c1cnn2c1OCC(C)(C)C2.N. The first-order valence-corrected chi connectivity index (χ1v) is 12.2. The molecule has 5 N–H and O–H groups in total. The van der Waals surface area contributed by atoms with Crippen LogP contribution in [0.25, 0.3) is 0 Å². The van der Waals surface area contributed by atoms with Crippen molar-refractivity contribution in [2.45, 2.75) is 77.5 Å². The second-order valence-electron chi connectivity index (χ2n) is 9.71. The van der Waals surface area contributed by atoms with Crippen LogP contribution in [0.15, 0.2) is 11.1 Å². The zero-order valence-corrected chi connectivity index (χ0v) is 21.3. The standard InChI is InChI=1S/C20H29F3N6O4S.H3N/c1-11(2)14-15(16(12(3)4)28(26-14)9-20(21,22)23)25-18(30)27-34(31,32)13-7-24-29-8-19(5,6)10-33-17(13)29;/h7,11-12H,8-10H2,1-6H3,(H2,25,27,30);1H3. The summed E-state index contributed by atoms with van der Waals surface area (Å²) in [7, 11) is -4.38. The highest BCUT2D eigenvalue weighted by atomic mass is 32.2. The van der Waals surface area contributed by atoms with Crippen molar-refractivity contribution in [2.24, 2.45) is 5.41 Å². The van der Waals surface area contributed by atoms with E-state index in [9.17, 15) is 26.4 Å². The molecule has 2 amide bonds. The molecule has 35 heavy (non-hydrogen) atoms. The van der Waals surface area contributed by atoms with Crippen LogP contribution in [0.3, 0.4) is 0 Å². The Labute approximate surface area is 202 Å². The smallest absolute Gasteiger partial charge is 0.408 e. The number of nitrogens with one attached hydrogen (secondary N) is 2. The third-order valence-corrected chi connectivity index (χ3v) is 6.45. The zero-order chi connectivity index (χ0) is 25.6. The van der Waals surface area contributed by atoms with Crippen LogP contribution in [0.1, 0.15) is 64.8 Å². The fourth-order valence-corrected chi connectivity index (χ4v) is 4.72. The highest BCUT2D eigenvalue weighted by molar-refractivity contribution is 7.90. The quantitative estimate of drug-likeness (QED) is 0.517. The lowest BCUT2D eigenvalue weighted by Gasteiger charge is -2.30. The molecule has 2 aromatic rings. The minimum absolute atomic E-state index is 0. The highest BCUT2D eigenvalue weighted by Crippen LogP contribution is 2.35. The molecule has 0 bridgehead atoms. The molecular weight excluding hydrogens is 491 g/mol. The van der Waals surface area contributed by atoms with Crippen LogP contribution in [0, 0.1) is 5.41 Å². The molecule has 3 rings (SSSR count). The lowest BCUT2D eigenvalue weighted by Crippen LogP contribution is -2.36. The molecule has 0 atom stereocenters. The first-order valence-electron chi connectivity index (χ1n) is 10.7. The molecule has 198 valence electrons. The van der Waals surface area contributed by atoms with Gasteiger partial charge in [0.25, 0.3) is 10.0 Å². The number of amides is 2. The summed E-state index contributed by atoms with van der Waals surface area (Å²) in [6.45, 7) is 9.98. The molecule has 0 saturated carbocycles. The Bertz CT molecular complexity index is 1180. The number of ether oxygens (including phenoxy) is 1. The number of fused-ring (bicyclic) bond motifs is 1. The van der Waals surface area contributed by atoms with Crippen molar-refractivity contribution in [3.8, 4) is 5.88 Å². The molecular formula is C20H32F3N7O4S. The van der Waals surface area contributed by atoms with Crippen molar-refractivity contribution in [3.63, 3.8) is 0 Å². The average Bonchev–Trinajstić information content (AvgIpc) is 3.20. The van der Waals surface area contributed by atoms with E-state index >= 15 is 0 Å². The van der Waals surface area contributed by atoms with Gasteiger partial charge in [0.05, 0.1) is 36.4 Å². The van der Waals surface area contributed by atoms with Gasteiger partial charge >= 0.3 is 12.2 Å². The Hall–Kier alpha value is -2.81. The van der Waals surface area contributed by atoms with E-state index in [1.54, 1.807) is 27.7 Å². The normalized spacial score (nSPS) is 15.4. The molecule has 0 spiro atoms. The summed E-state index contributed by atoms with van der Waals surface area (Å²) in [5.41, 5.74) is 0.162. The molecule has 1 aliphatic rings. The number of carbonyl (C=O) groups is 1. The van der Waals surface area contributed by atoms with Gasteiger partial charge in [-0.1, -0.05) is 41.5 Å². The Morgan fingerprint density at radius 1 is 1.23 bits per heavy atom. The fraction of sp³-hybridized carbons (Fsp3) is 0.650. The lowest BCUT2D eigenvalue weighted by atomic mass is 9.94. The number of carbonyl (C=O) groups excluding carboxylic acids is 1. The van der Waals surface area contributed by atoms with Crippen molar-refractivity contribution >= 4 is 21.7 Å². The number of nitrogens with zero attached hydrogens (tertiary/aromatic N) is 4. The topological polar surface area (TPSA) is 155 Å². The van der Waals surface area contributed by atoms with Crippen molar-refractivity contribution < 1.29 is 31.1 Å². The number of aromatic nitrogens is 4. The van der Waals surface area contributed by atoms with Crippen LogP contribution in [0.5, 0.6) is 5.88 Å². The predicted molar refractivity (Wildman–Crippen MR) is 122 cm³/mol. The van der Waals surface area contributed by atoms with E-state index in [1.165, 1.54) is 4.68 Å². The van der Waals surface area contributed by atoms with Gasteiger partial charge in [0.1, 0.15) is 6.54 Å². The average molecular weight is 524 g/mol. The van der Waals surface area contributed by atoms with Gasteiger partial charge in [0.15, 0.2) is 4.90 Å². The van der Waals surface area contributed by atoms with E-state index in [0.717, 1.165) is 10.9 Å². The molecule has 2 aromatic heterocycles. The zero-order valence-electron chi connectivity index (χ0n) is 20.5. The van der Waals surface area contributed by atoms with Gasteiger partial charge in [0, 0.05) is 5.41 Å². The van der Waals surface area contributed by atoms with Gasteiger partial charge in [0.2, 0.25) is 5.88 Å².